The third kappa shape index (κ3) is 4.58. The predicted molar refractivity (Wildman–Crippen MR) is 74.5 cm³/mol. The minimum absolute atomic E-state index is 0. The molecule has 108 valence electrons. The summed E-state index contributed by atoms with van der Waals surface area (Å²) < 4.78 is 37.5. The molecule has 1 aliphatic rings. The second-order valence-electron chi connectivity index (χ2n) is 4.66. The van der Waals surface area contributed by atoms with Crippen LogP contribution in [0.2, 0.25) is 0 Å². The number of rotatable bonds is 3. The lowest BCUT2D eigenvalue weighted by atomic mass is 9.92. The van der Waals surface area contributed by atoms with Crippen LogP contribution in [0.15, 0.2) is 29.2 Å². The molecule has 0 spiro atoms. The molecule has 0 aromatic heterocycles. The maximum absolute atomic E-state index is 12.5. The monoisotopic (exact) mass is 311 g/mol. The summed E-state index contributed by atoms with van der Waals surface area (Å²) in [5, 5.41) is 0. The molecule has 0 bridgehead atoms. The molecule has 1 saturated carbocycles. The number of benzene rings is 1. The zero-order valence-corrected chi connectivity index (χ0v) is 12.0. The van der Waals surface area contributed by atoms with Gasteiger partial charge in [-0.1, -0.05) is 31.0 Å². The molecule has 19 heavy (non-hydrogen) atoms. The van der Waals surface area contributed by atoms with Crippen molar-refractivity contribution >= 4 is 24.2 Å². The van der Waals surface area contributed by atoms with Gasteiger partial charge in [-0.2, -0.15) is 13.2 Å². The summed E-state index contributed by atoms with van der Waals surface area (Å²) in [6.07, 6.45) is 4.30. The van der Waals surface area contributed by atoms with Crippen molar-refractivity contribution in [1.82, 2.24) is 0 Å². The third-order valence-electron chi connectivity index (χ3n) is 3.41. The fraction of sp³-hybridized carbons (Fsp3) is 0.538. The van der Waals surface area contributed by atoms with Crippen LogP contribution in [-0.2, 0) is 0 Å². The molecular weight excluding hydrogens is 295 g/mol. The van der Waals surface area contributed by atoms with Gasteiger partial charge in [0, 0.05) is 10.9 Å². The van der Waals surface area contributed by atoms with Crippen LogP contribution in [0.5, 0.6) is 0 Å². The van der Waals surface area contributed by atoms with Gasteiger partial charge in [0.2, 0.25) is 0 Å². The van der Waals surface area contributed by atoms with Crippen molar-refractivity contribution in [2.75, 3.05) is 0 Å². The molecular formula is C13H17ClF3NS. The van der Waals surface area contributed by atoms with E-state index in [9.17, 15) is 13.2 Å². The quantitative estimate of drug-likeness (QED) is 0.803. The van der Waals surface area contributed by atoms with Crippen LogP contribution in [-0.4, -0.2) is 5.51 Å². The molecule has 6 heteroatoms. The summed E-state index contributed by atoms with van der Waals surface area (Å²) in [5.41, 5.74) is 2.51. The Morgan fingerprint density at radius 1 is 1.16 bits per heavy atom. The van der Waals surface area contributed by atoms with E-state index in [1.165, 1.54) is 6.07 Å². The highest BCUT2D eigenvalue weighted by Crippen LogP contribution is 2.42. The van der Waals surface area contributed by atoms with Crippen LogP contribution >= 0.6 is 24.2 Å². The average Bonchev–Trinajstić information content (AvgIpc) is 2.80. The third-order valence-corrected chi connectivity index (χ3v) is 4.23. The van der Waals surface area contributed by atoms with E-state index in [1.54, 1.807) is 18.2 Å². The maximum Gasteiger partial charge on any atom is 0.446 e. The Hall–Kier alpha value is -0.390. The lowest BCUT2D eigenvalue weighted by molar-refractivity contribution is -0.0328. The molecule has 0 aliphatic heterocycles. The number of thioether (sulfide) groups is 1. The van der Waals surface area contributed by atoms with Crippen molar-refractivity contribution < 1.29 is 13.2 Å². The van der Waals surface area contributed by atoms with Gasteiger partial charge in [0.25, 0.3) is 0 Å². The van der Waals surface area contributed by atoms with E-state index in [1.807, 2.05) is 0 Å². The highest BCUT2D eigenvalue weighted by Gasteiger charge is 2.32. The molecule has 0 saturated heterocycles. The molecule has 1 aliphatic carbocycles. The fourth-order valence-electron chi connectivity index (χ4n) is 2.54. The molecule has 0 heterocycles. The Balaban J connectivity index is 0.00000180. The predicted octanol–water partition coefficient (Wildman–Crippen LogP) is 4.91. The Bertz CT molecular complexity index is 405. The first-order chi connectivity index (χ1) is 8.47. The van der Waals surface area contributed by atoms with Gasteiger partial charge in [-0.15, -0.1) is 12.4 Å². The first-order valence-corrected chi connectivity index (χ1v) is 6.89. The summed E-state index contributed by atoms with van der Waals surface area (Å²) in [6.45, 7) is 0. The van der Waals surface area contributed by atoms with E-state index in [2.05, 4.69) is 0 Å². The van der Waals surface area contributed by atoms with Crippen LogP contribution in [0, 0.1) is 5.92 Å². The van der Waals surface area contributed by atoms with Crippen molar-refractivity contribution in [3.05, 3.63) is 29.8 Å². The normalized spacial score (nSPS) is 18.1. The number of halogens is 4. The van der Waals surface area contributed by atoms with E-state index in [0.717, 1.165) is 25.7 Å². The molecule has 0 radical (unpaired) electrons. The van der Waals surface area contributed by atoms with Crippen molar-refractivity contribution in [3.63, 3.8) is 0 Å². The van der Waals surface area contributed by atoms with Crippen molar-refractivity contribution in [3.8, 4) is 0 Å². The number of hydrogen-bond donors (Lipinski definition) is 1. The molecule has 2 N–H and O–H groups in total. The second kappa shape index (κ2) is 6.86. The number of hydrogen-bond acceptors (Lipinski definition) is 2. The lowest BCUT2D eigenvalue weighted by Gasteiger charge is -2.22. The van der Waals surface area contributed by atoms with Crippen LogP contribution in [0.25, 0.3) is 0 Å². The van der Waals surface area contributed by atoms with Crippen LogP contribution in [0.3, 0.4) is 0 Å². The van der Waals surface area contributed by atoms with Gasteiger partial charge in [-0.3, -0.25) is 0 Å². The smallest absolute Gasteiger partial charge is 0.324 e. The highest BCUT2D eigenvalue weighted by atomic mass is 35.5. The Kier molecular flexibility index (Phi) is 6.02. The van der Waals surface area contributed by atoms with E-state index in [4.69, 9.17) is 5.73 Å². The standard InChI is InChI=1S/C13H16F3NS.ClH/c14-13(15,16)18-11-8-4-3-7-10(11)12(17)9-5-1-2-6-9;/h3-4,7-9,12H,1-2,5-6,17H2;1H/t12-;/m0./s1. The zero-order chi connectivity index (χ0) is 13.2. The summed E-state index contributed by atoms with van der Waals surface area (Å²) in [6, 6.07) is 6.32. The highest BCUT2D eigenvalue weighted by molar-refractivity contribution is 8.00. The summed E-state index contributed by atoms with van der Waals surface area (Å²) >= 11 is -0.0655. The van der Waals surface area contributed by atoms with Gasteiger partial charge in [0.1, 0.15) is 0 Å². The van der Waals surface area contributed by atoms with Crippen molar-refractivity contribution in [1.29, 1.82) is 0 Å². The molecule has 1 aromatic rings. The minimum atomic E-state index is -4.26. The molecule has 1 nitrogen and oxygen atoms in total. The Morgan fingerprint density at radius 3 is 2.32 bits per heavy atom. The molecule has 0 amide bonds. The van der Waals surface area contributed by atoms with Crippen molar-refractivity contribution in [2.24, 2.45) is 11.7 Å². The van der Waals surface area contributed by atoms with Gasteiger partial charge in [0.05, 0.1) is 0 Å². The average molecular weight is 312 g/mol. The summed E-state index contributed by atoms with van der Waals surface area (Å²) in [7, 11) is 0. The summed E-state index contributed by atoms with van der Waals surface area (Å²) in [5.74, 6) is 0.319. The summed E-state index contributed by atoms with van der Waals surface area (Å²) in [4.78, 5) is 0.240. The molecule has 0 unspecified atom stereocenters. The molecule has 2 rings (SSSR count). The zero-order valence-electron chi connectivity index (χ0n) is 10.3. The van der Waals surface area contributed by atoms with Gasteiger partial charge >= 0.3 is 5.51 Å². The van der Waals surface area contributed by atoms with Crippen molar-refractivity contribution in [2.45, 2.75) is 42.1 Å². The van der Waals surface area contributed by atoms with Gasteiger partial charge in [0.15, 0.2) is 0 Å². The van der Waals surface area contributed by atoms with E-state index in [0.29, 0.717) is 11.5 Å². The van der Waals surface area contributed by atoms with Crippen LogP contribution in [0.4, 0.5) is 13.2 Å². The fourth-order valence-corrected chi connectivity index (χ4v) is 3.26. The lowest BCUT2D eigenvalue weighted by Crippen LogP contribution is -2.20. The minimum Gasteiger partial charge on any atom is -0.324 e. The maximum atomic E-state index is 12.5. The van der Waals surface area contributed by atoms with E-state index >= 15 is 0 Å². The van der Waals surface area contributed by atoms with Gasteiger partial charge in [-0.05, 0) is 42.2 Å². The molecule has 1 atom stereocenters. The first-order valence-electron chi connectivity index (χ1n) is 6.07. The first kappa shape index (κ1) is 16.7. The van der Waals surface area contributed by atoms with E-state index in [-0.39, 0.29) is 35.1 Å². The number of nitrogens with two attached hydrogens (primary N) is 1. The molecule has 1 fully saturated rings. The Morgan fingerprint density at radius 2 is 1.74 bits per heavy atom. The van der Waals surface area contributed by atoms with E-state index < -0.39 is 5.51 Å². The van der Waals surface area contributed by atoms with Crippen LogP contribution in [0.1, 0.15) is 37.3 Å². The largest absolute Gasteiger partial charge is 0.446 e. The van der Waals surface area contributed by atoms with Gasteiger partial charge < -0.3 is 5.73 Å². The van der Waals surface area contributed by atoms with Gasteiger partial charge in [-0.25, -0.2) is 0 Å². The Labute approximate surface area is 121 Å². The topological polar surface area (TPSA) is 26.0 Å². The van der Waals surface area contributed by atoms with Crippen LogP contribution < -0.4 is 5.73 Å². The second-order valence-corrected chi connectivity index (χ2v) is 5.76. The SMILES string of the molecule is Cl.N[C@H](c1ccccc1SC(F)(F)F)C1CCCC1. The number of alkyl halides is 3. The molecule has 1 aromatic carbocycles.